The normalized spacial score (nSPS) is 11.8. The molecule has 3 aromatic rings. The summed E-state index contributed by atoms with van der Waals surface area (Å²) in [7, 11) is 1.60. The minimum atomic E-state index is -0.418. The third-order valence-electron chi connectivity index (χ3n) is 3.48. The molecule has 3 rings (SSSR count). The number of halogens is 1. The molecule has 1 N–H and O–H groups in total. The smallest absolute Gasteiger partial charge is 0.277 e. The third-order valence-corrected chi connectivity index (χ3v) is 4.65. The fraction of sp³-hybridized carbons (Fsp3) is 0.167. The minimum Gasteiger partial charge on any atom is -0.497 e. The summed E-state index contributed by atoms with van der Waals surface area (Å²) in [4.78, 5) is 12.3. The standard InChI is InChI=1S/C18H16ClN3O3S/c1-11(16(23)20-14-5-3-4-13(19)10-14)26-18-22-21-17(25-18)12-6-8-15(24-2)9-7-12/h3-11H,1-2H3,(H,20,23)/t11-/m1/s1. The highest BCUT2D eigenvalue weighted by molar-refractivity contribution is 8.00. The van der Waals surface area contributed by atoms with Crippen LogP contribution in [-0.4, -0.2) is 28.5 Å². The monoisotopic (exact) mass is 389 g/mol. The second-order valence-corrected chi connectivity index (χ2v) is 7.09. The lowest BCUT2D eigenvalue weighted by atomic mass is 10.2. The molecule has 1 amide bonds. The van der Waals surface area contributed by atoms with Crippen molar-refractivity contribution in [3.05, 3.63) is 53.6 Å². The van der Waals surface area contributed by atoms with Gasteiger partial charge < -0.3 is 14.5 Å². The minimum absolute atomic E-state index is 0.179. The molecular formula is C18H16ClN3O3S. The lowest BCUT2D eigenvalue weighted by Gasteiger charge is -2.09. The Morgan fingerprint density at radius 3 is 2.69 bits per heavy atom. The predicted molar refractivity (Wildman–Crippen MR) is 102 cm³/mol. The molecule has 0 saturated heterocycles. The molecule has 0 aliphatic heterocycles. The van der Waals surface area contributed by atoms with E-state index in [1.807, 2.05) is 24.3 Å². The zero-order chi connectivity index (χ0) is 18.5. The van der Waals surface area contributed by atoms with Gasteiger partial charge in [-0.2, -0.15) is 0 Å². The largest absolute Gasteiger partial charge is 0.497 e. The number of methoxy groups -OCH3 is 1. The molecule has 8 heteroatoms. The molecule has 134 valence electrons. The van der Waals surface area contributed by atoms with E-state index in [1.54, 1.807) is 38.3 Å². The van der Waals surface area contributed by atoms with E-state index in [1.165, 1.54) is 11.8 Å². The summed E-state index contributed by atoms with van der Waals surface area (Å²) in [5.41, 5.74) is 1.42. The summed E-state index contributed by atoms with van der Waals surface area (Å²) in [5.74, 6) is 0.952. The van der Waals surface area contributed by atoms with Crippen molar-refractivity contribution < 1.29 is 13.9 Å². The molecule has 6 nitrogen and oxygen atoms in total. The molecule has 0 spiro atoms. The first kappa shape index (κ1) is 18.3. The topological polar surface area (TPSA) is 77.2 Å². The van der Waals surface area contributed by atoms with Crippen molar-refractivity contribution in [1.82, 2.24) is 10.2 Å². The summed E-state index contributed by atoms with van der Waals surface area (Å²) in [5, 5.41) is 11.3. The molecule has 26 heavy (non-hydrogen) atoms. The maximum absolute atomic E-state index is 12.3. The molecule has 0 bridgehead atoms. The van der Waals surface area contributed by atoms with Crippen molar-refractivity contribution >= 4 is 35.0 Å². The summed E-state index contributed by atoms with van der Waals surface area (Å²) in [6, 6.07) is 14.3. The number of carbonyl (C=O) groups is 1. The van der Waals surface area contributed by atoms with Gasteiger partial charge >= 0.3 is 0 Å². The van der Waals surface area contributed by atoms with Gasteiger partial charge in [-0.05, 0) is 49.4 Å². The molecule has 1 heterocycles. The van der Waals surface area contributed by atoms with E-state index in [9.17, 15) is 4.79 Å². The first-order chi connectivity index (χ1) is 12.5. The molecule has 0 fully saturated rings. The molecule has 0 aliphatic carbocycles. The van der Waals surface area contributed by atoms with Crippen LogP contribution in [0.1, 0.15) is 6.92 Å². The number of aromatic nitrogens is 2. The number of hydrogen-bond acceptors (Lipinski definition) is 6. The number of rotatable bonds is 6. The van der Waals surface area contributed by atoms with Gasteiger partial charge in [0.25, 0.3) is 5.22 Å². The van der Waals surface area contributed by atoms with Gasteiger partial charge in [0.15, 0.2) is 0 Å². The number of thioether (sulfide) groups is 1. The van der Waals surface area contributed by atoms with Crippen LogP contribution in [0.25, 0.3) is 11.5 Å². The highest BCUT2D eigenvalue weighted by atomic mass is 35.5. The van der Waals surface area contributed by atoms with E-state index in [0.29, 0.717) is 21.8 Å². The molecule has 0 unspecified atom stereocenters. The predicted octanol–water partition coefficient (Wildman–Crippen LogP) is 4.52. The number of amides is 1. The Balaban J connectivity index is 1.63. The van der Waals surface area contributed by atoms with Crippen LogP contribution in [0.15, 0.2) is 58.2 Å². The number of anilines is 1. The van der Waals surface area contributed by atoms with Crippen LogP contribution in [0.3, 0.4) is 0 Å². The van der Waals surface area contributed by atoms with E-state index < -0.39 is 5.25 Å². The van der Waals surface area contributed by atoms with Crippen molar-refractivity contribution in [3.8, 4) is 17.2 Å². The van der Waals surface area contributed by atoms with E-state index >= 15 is 0 Å². The molecule has 2 aromatic carbocycles. The molecular weight excluding hydrogens is 374 g/mol. The third kappa shape index (κ3) is 4.56. The van der Waals surface area contributed by atoms with Crippen LogP contribution in [0.2, 0.25) is 5.02 Å². The summed E-state index contributed by atoms with van der Waals surface area (Å²) in [6.07, 6.45) is 0. The zero-order valence-electron chi connectivity index (χ0n) is 14.1. The number of hydrogen-bond donors (Lipinski definition) is 1. The van der Waals surface area contributed by atoms with Crippen LogP contribution in [-0.2, 0) is 4.79 Å². The summed E-state index contributed by atoms with van der Waals surface area (Å²) >= 11 is 7.11. The number of nitrogens with zero attached hydrogens (tertiary/aromatic N) is 2. The van der Waals surface area contributed by atoms with Crippen molar-refractivity contribution in [1.29, 1.82) is 0 Å². The Hall–Kier alpha value is -2.51. The van der Waals surface area contributed by atoms with E-state index in [0.717, 1.165) is 11.3 Å². The van der Waals surface area contributed by atoms with Gasteiger partial charge in [0.1, 0.15) is 5.75 Å². The summed E-state index contributed by atoms with van der Waals surface area (Å²) < 4.78 is 10.8. The van der Waals surface area contributed by atoms with Crippen LogP contribution in [0.5, 0.6) is 5.75 Å². The molecule has 0 aliphatic rings. The van der Waals surface area contributed by atoms with Crippen molar-refractivity contribution in [3.63, 3.8) is 0 Å². The Kier molecular flexibility index (Phi) is 5.80. The summed E-state index contributed by atoms with van der Waals surface area (Å²) in [6.45, 7) is 1.77. The van der Waals surface area contributed by atoms with Crippen LogP contribution in [0, 0.1) is 0 Å². The number of benzene rings is 2. The second-order valence-electron chi connectivity index (χ2n) is 5.36. The number of ether oxygens (including phenoxy) is 1. The number of nitrogens with one attached hydrogen (secondary N) is 1. The van der Waals surface area contributed by atoms with E-state index in [2.05, 4.69) is 15.5 Å². The van der Waals surface area contributed by atoms with Crippen LogP contribution >= 0.6 is 23.4 Å². The quantitative estimate of drug-likeness (QED) is 0.624. The maximum atomic E-state index is 12.3. The van der Waals surface area contributed by atoms with Gasteiger partial charge in [-0.1, -0.05) is 29.4 Å². The Morgan fingerprint density at radius 2 is 2.00 bits per heavy atom. The van der Waals surface area contributed by atoms with Gasteiger partial charge in [0.05, 0.1) is 12.4 Å². The Labute approximate surface area is 159 Å². The maximum Gasteiger partial charge on any atom is 0.277 e. The van der Waals surface area contributed by atoms with Crippen LogP contribution in [0.4, 0.5) is 5.69 Å². The SMILES string of the molecule is COc1ccc(-c2nnc(S[C@H](C)C(=O)Nc3cccc(Cl)c3)o2)cc1. The average molecular weight is 390 g/mol. The Morgan fingerprint density at radius 1 is 1.23 bits per heavy atom. The molecule has 1 atom stereocenters. The fourth-order valence-corrected chi connectivity index (χ4v) is 3.00. The molecule has 0 saturated carbocycles. The van der Waals surface area contributed by atoms with Crippen molar-refractivity contribution in [2.75, 3.05) is 12.4 Å². The lowest BCUT2D eigenvalue weighted by Crippen LogP contribution is -2.22. The second kappa shape index (κ2) is 8.25. The first-order valence-electron chi connectivity index (χ1n) is 7.76. The van der Waals surface area contributed by atoms with E-state index in [4.69, 9.17) is 20.8 Å². The van der Waals surface area contributed by atoms with E-state index in [-0.39, 0.29) is 5.91 Å². The van der Waals surface area contributed by atoms with Crippen molar-refractivity contribution in [2.24, 2.45) is 0 Å². The van der Waals surface area contributed by atoms with Gasteiger partial charge in [-0.15, -0.1) is 10.2 Å². The van der Waals surface area contributed by atoms with Gasteiger partial charge in [0, 0.05) is 16.3 Å². The first-order valence-corrected chi connectivity index (χ1v) is 9.02. The van der Waals surface area contributed by atoms with Crippen molar-refractivity contribution in [2.45, 2.75) is 17.4 Å². The molecule has 0 radical (unpaired) electrons. The zero-order valence-corrected chi connectivity index (χ0v) is 15.7. The fourth-order valence-electron chi connectivity index (χ4n) is 2.12. The van der Waals surface area contributed by atoms with Crippen LogP contribution < -0.4 is 10.1 Å². The van der Waals surface area contributed by atoms with Gasteiger partial charge in [-0.3, -0.25) is 4.79 Å². The number of carbonyl (C=O) groups excluding carboxylic acids is 1. The average Bonchev–Trinajstić information content (AvgIpc) is 3.10. The lowest BCUT2D eigenvalue weighted by molar-refractivity contribution is -0.115. The highest BCUT2D eigenvalue weighted by Gasteiger charge is 2.19. The van der Waals surface area contributed by atoms with Gasteiger partial charge in [0.2, 0.25) is 11.8 Å². The molecule has 1 aromatic heterocycles. The Bertz CT molecular complexity index is 899. The highest BCUT2D eigenvalue weighted by Crippen LogP contribution is 2.27. The van der Waals surface area contributed by atoms with Gasteiger partial charge in [-0.25, -0.2) is 0 Å².